The maximum absolute atomic E-state index is 4.83. The highest BCUT2D eigenvalue weighted by molar-refractivity contribution is 7.11. The van der Waals surface area contributed by atoms with Crippen LogP contribution in [0.4, 0.5) is 0 Å². The van der Waals surface area contributed by atoms with Crippen molar-refractivity contribution in [2.75, 3.05) is 27.2 Å². The summed E-state index contributed by atoms with van der Waals surface area (Å²) in [7, 11) is 4.23. The van der Waals surface area contributed by atoms with E-state index in [1.807, 2.05) is 11.3 Å². The van der Waals surface area contributed by atoms with Crippen molar-refractivity contribution < 1.29 is 0 Å². The summed E-state index contributed by atoms with van der Waals surface area (Å²) in [5.41, 5.74) is 1.29. The van der Waals surface area contributed by atoms with Gasteiger partial charge < -0.3 is 10.2 Å². The van der Waals surface area contributed by atoms with E-state index >= 15 is 0 Å². The van der Waals surface area contributed by atoms with E-state index in [0.29, 0.717) is 11.8 Å². The van der Waals surface area contributed by atoms with Crippen LogP contribution >= 0.6 is 11.3 Å². The smallest absolute Gasteiger partial charge is 0.0944 e. The zero-order valence-electron chi connectivity index (χ0n) is 13.3. The van der Waals surface area contributed by atoms with E-state index < -0.39 is 0 Å². The molecule has 0 fully saturated rings. The molecule has 1 heterocycles. The molecule has 4 heteroatoms. The number of nitrogens with one attached hydrogen (secondary N) is 1. The van der Waals surface area contributed by atoms with Gasteiger partial charge in [-0.1, -0.05) is 27.7 Å². The van der Waals surface area contributed by atoms with E-state index in [0.717, 1.165) is 26.1 Å². The average Bonchev–Trinajstić information content (AvgIpc) is 2.69. The largest absolute Gasteiger partial charge is 0.312 e. The van der Waals surface area contributed by atoms with Crippen LogP contribution < -0.4 is 5.32 Å². The fourth-order valence-electron chi connectivity index (χ4n) is 1.89. The molecule has 0 unspecified atom stereocenters. The van der Waals surface area contributed by atoms with Crippen LogP contribution in [0.15, 0.2) is 0 Å². The van der Waals surface area contributed by atoms with Crippen LogP contribution in [0.1, 0.15) is 49.2 Å². The van der Waals surface area contributed by atoms with Crippen LogP contribution in [-0.2, 0) is 13.0 Å². The Bertz CT molecular complexity index is 369. The lowest BCUT2D eigenvalue weighted by Gasteiger charge is -2.08. The van der Waals surface area contributed by atoms with Crippen molar-refractivity contribution >= 4 is 11.3 Å². The van der Waals surface area contributed by atoms with Crippen molar-refractivity contribution in [3.63, 3.8) is 0 Å². The van der Waals surface area contributed by atoms with Gasteiger partial charge in [0.2, 0.25) is 0 Å². The minimum absolute atomic E-state index is 0.514. The summed E-state index contributed by atoms with van der Waals surface area (Å²) < 4.78 is 0. The van der Waals surface area contributed by atoms with E-state index in [2.05, 4.69) is 52.0 Å². The molecule has 0 radical (unpaired) electrons. The average molecular weight is 283 g/mol. The third kappa shape index (κ3) is 6.02. The number of thiazole rings is 1. The lowest BCUT2D eigenvalue weighted by atomic mass is 10.1. The zero-order valence-corrected chi connectivity index (χ0v) is 14.1. The third-order valence-electron chi connectivity index (χ3n) is 2.93. The molecule has 0 aliphatic rings. The first kappa shape index (κ1) is 16.6. The molecule has 0 aliphatic carbocycles. The molecule has 1 rings (SSSR count). The number of aromatic nitrogens is 1. The molecule has 1 aromatic heterocycles. The fraction of sp³-hybridized carbons (Fsp3) is 0.800. The molecule has 0 amide bonds. The molecule has 0 aliphatic heterocycles. The van der Waals surface area contributed by atoms with Crippen molar-refractivity contribution in [1.29, 1.82) is 0 Å². The summed E-state index contributed by atoms with van der Waals surface area (Å²) in [5.74, 6) is 1.21. The Morgan fingerprint density at radius 3 is 2.42 bits per heavy atom. The summed E-state index contributed by atoms with van der Waals surface area (Å²) in [6.45, 7) is 12.1. The summed E-state index contributed by atoms with van der Waals surface area (Å²) in [5, 5.41) is 4.81. The summed E-state index contributed by atoms with van der Waals surface area (Å²) in [6, 6.07) is 0. The van der Waals surface area contributed by atoms with Crippen LogP contribution in [0, 0.1) is 5.92 Å². The Kier molecular flexibility index (Phi) is 6.97. The first-order valence-corrected chi connectivity index (χ1v) is 8.05. The van der Waals surface area contributed by atoms with Crippen LogP contribution in [-0.4, -0.2) is 37.1 Å². The maximum atomic E-state index is 4.83. The number of rotatable bonds is 8. The lowest BCUT2D eigenvalue weighted by molar-refractivity contribution is 0.413. The molecule has 0 spiro atoms. The number of hydrogen-bond acceptors (Lipinski definition) is 4. The van der Waals surface area contributed by atoms with Crippen LogP contribution in [0.25, 0.3) is 0 Å². The Morgan fingerprint density at radius 1 is 1.21 bits per heavy atom. The van der Waals surface area contributed by atoms with Crippen LogP contribution in [0.5, 0.6) is 0 Å². The summed E-state index contributed by atoms with van der Waals surface area (Å²) >= 11 is 1.88. The molecular weight excluding hydrogens is 254 g/mol. The normalized spacial score (nSPS) is 12.1. The number of likely N-dealkylation sites (N-methyl/N-ethyl adjacent to an activating group) is 1. The number of hydrogen-bond donors (Lipinski definition) is 1. The van der Waals surface area contributed by atoms with Crippen LogP contribution in [0.3, 0.4) is 0 Å². The van der Waals surface area contributed by atoms with Crippen molar-refractivity contribution in [2.24, 2.45) is 5.92 Å². The second-order valence-corrected chi connectivity index (χ2v) is 7.32. The SMILES string of the molecule is CC(C)CNCc1sc(CCN(C)C)nc1C(C)C. The quantitative estimate of drug-likeness (QED) is 0.794. The second kappa shape index (κ2) is 7.98. The van der Waals surface area contributed by atoms with E-state index in [1.54, 1.807) is 0 Å². The summed E-state index contributed by atoms with van der Waals surface area (Å²) in [4.78, 5) is 8.47. The minimum Gasteiger partial charge on any atom is -0.312 e. The summed E-state index contributed by atoms with van der Waals surface area (Å²) in [6.07, 6.45) is 1.06. The molecular formula is C15H29N3S. The van der Waals surface area contributed by atoms with Gasteiger partial charge in [-0.05, 0) is 32.5 Å². The molecule has 0 aromatic carbocycles. The van der Waals surface area contributed by atoms with Crippen LogP contribution in [0.2, 0.25) is 0 Å². The van der Waals surface area contributed by atoms with Gasteiger partial charge in [-0.3, -0.25) is 0 Å². The third-order valence-corrected chi connectivity index (χ3v) is 4.06. The minimum atomic E-state index is 0.514. The topological polar surface area (TPSA) is 28.2 Å². The highest BCUT2D eigenvalue weighted by Crippen LogP contribution is 2.25. The maximum Gasteiger partial charge on any atom is 0.0944 e. The van der Waals surface area contributed by atoms with Gasteiger partial charge in [-0.25, -0.2) is 4.98 Å². The molecule has 0 bridgehead atoms. The van der Waals surface area contributed by atoms with Crippen molar-refractivity contribution in [2.45, 2.75) is 46.6 Å². The Morgan fingerprint density at radius 2 is 1.89 bits per heavy atom. The zero-order chi connectivity index (χ0) is 14.4. The van der Waals surface area contributed by atoms with Gasteiger partial charge in [0, 0.05) is 24.4 Å². The van der Waals surface area contributed by atoms with Gasteiger partial charge in [-0.2, -0.15) is 0 Å². The molecule has 110 valence electrons. The molecule has 1 N–H and O–H groups in total. The Balaban J connectivity index is 2.66. The van der Waals surface area contributed by atoms with E-state index in [9.17, 15) is 0 Å². The van der Waals surface area contributed by atoms with Gasteiger partial charge in [0.05, 0.1) is 10.7 Å². The van der Waals surface area contributed by atoms with Crippen molar-refractivity contribution in [3.8, 4) is 0 Å². The molecule has 19 heavy (non-hydrogen) atoms. The number of nitrogens with zero attached hydrogens (tertiary/aromatic N) is 2. The Hall–Kier alpha value is -0.450. The second-order valence-electron chi connectivity index (χ2n) is 6.15. The predicted octanol–water partition coefficient (Wildman–Crippen LogP) is 3.12. The molecule has 0 saturated heterocycles. The van der Waals surface area contributed by atoms with Gasteiger partial charge >= 0.3 is 0 Å². The van der Waals surface area contributed by atoms with Crippen molar-refractivity contribution in [1.82, 2.24) is 15.2 Å². The van der Waals surface area contributed by atoms with Gasteiger partial charge in [0.25, 0.3) is 0 Å². The van der Waals surface area contributed by atoms with E-state index in [1.165, 1.54) is 15.6 Å². The highest BCUT2D eigenvalue weighted by atomic mass is 32.1. The fourth-order valence-corrected chi connectivity index (χ4v) is 3.07. The first-order valence-electron chi connectivity index (χ1n) is 7.24. The monoisotopic (exact) mass is 283 g/mol. The standard InChI is InChI=1S/C15H29N3S/c1-11(2)9-16-10-13-15(12(3)4)17-14(19-13)7-8-18(5)6/h11-12,16H,7-10H2,1-6H3. The molecule has 0 atom stereocenters. The highest BCUT2D eigenvalue weighted by Gasteiger charge is 2.14. The molecule has 0 saturated carbocycles. The van der Waals surface area contributed by atoms with E-state index in [4.69, 9.17) is 4.98 Å². The van der Waals surface area contributed by atoms with Gasteiger partial charge in [0.1, 0.15) is 0 Å². The van der Waals surface area contributed by atoms with E-state index in [-0.39, 0.29) is 0 Å². The lowest BCUT2D eigenvalue weighted by Crippen LogP contribution is -2.19. The van der Waals surface area contributed by atoms with Crippen molar-refractivity contribution in [3.05, 3.63) is 15.6 Å². The first-order chi connectivity index (χ1) is 8.90. The molecule has 3 nitrogen and oxygen atoms in total. The van der Waals surface area contributed by atoms with Gasteiger partial charge in [0.15, 0.2) is 0 Å². The predicted molar refractivity (Wildman–Crippen MR) is 85.0 cm³/mol. The van der Waals surface area contributed by atoms with Gasteiger partial charge in [-0.15, -0.1) is 11.3 Å². The molecule has 1 aromatic rings. The Labute approximate surface area is 122 Å².